The Hall–Kier alpha value is -2.24. The summed E-state index contributed by atoms with van der Waals surface area (Å²) in [6.45, 7) is 4.78. The van der Waals surface area contributed by atoms with Gasteiger partial charge in [0.15, 0.2) is 11.7 Å². The van der Waals surface area contributed by atoms with E-state index in [-0.39, 0.29) is 23.7 Å². The predicted octanol–water partition coefficient (Wildman–Crippen LogP) is 3.67. The first-order valence-corrected chi connectivity index (χ1v) is 7.51. The number of carbonyl (C=O) groups excluding carboxylic acids is 1. The number of carbonyl (C=O) groups is 1. The summed E-state index contributed by atoms with van der Waals surface area (Å²) in [6.07, 6.45) is 1.99. The zero-order chi connectivity index (χ0) is 17.0. The van der Waals surface area contributed by atoms with Crippen molar-refractivity contribution in [3.05, 3.63) is 41.9 Å². The number of aryl methyl sites for hydroxylation is 1. The van der Waals surface area contributed by atoms with Crippen molar-refractivity contribution >= 4 is 5.91 Å². The lowest BCUT2D eigenvalue weighted by Crippen LogP contribution is -2.30. The third-order valence-corrected chi connectivity index (χ3v) is 3.37. The Labute approximate surface area is 134 Å². The molecule has 0 bridgehead atoms. The van der Waals surface area contributed by atoms with Gasteiger partial charge in [0.1, 0.15) is 11.6 Å². The number of nitrogens with zero attached hydrogens (tertiary/aromatic N) is 2. The second kappa shape index (κ2) is 7.35. The van der Waals surface area contributed by atoms with Crippen molar-refractivity contribution in [3.8, 4) is 11.3 Å². The van der Waals surface area contributed by atoms with Gasteiger partial charge in [-0.3, -0.25) is 4.79 Å². The van der Waals surface area contributed by atoms with E-state index in [0.717, 1.165) is 12.1 Å². The molecule has 0 unspecified atom stereocenters. The number of hydrogen-bond donors (Lipinski definition) is 0. The largest absolute Gasteiger partial charge is 0.441 e. The van der Waals surface area contributed by atoms with Gasteiger partial charge in [0, 0.05) is 32.5 Å². The van der Waals surface area contributed by atoms with Crippen molar-refractivity contribution < 1.29 is 18.0 Å². The van der Waals surface area contributed by atoms with Gasteiger partial charge >= 0.3 is 0 Å². The van der Waals surface area contributed by atoms with Gasteiger partial charge in [-0.1, -0.05) is 13.8 Å². The molecule has 6 heteroatoms. The van der Waals surface area contributed by atoms with Gasteiger partial charge in [-0.05, 0) is 18.1 Å². The monoisotopic (exact) mass is 322 g/mol. The van der Waals surface area contributed by atoms with Gasteiger partial charge in [0.05, 0.1) is 11.8 Å². The first-order chi connectivity index (χ1) is 10.9. The molecule has 4 nitrogen and oxygen atoms in total. The van der Waals surface area contributed by atoms with Crippen molar-refractivity contribution in [2.75, 3.05) is 13.6 Å². The zero-order valence-electron chi connectivity index (χ0n) is 13.5. The summed E-state index contributed by atoms with van der Waals surface area (Å²) in [4.78, 5) is 17.7. The zero-order valence-corrected chi connectivity index (χ0v) is 13.5. The minimum atomic E-state index is -0.708. The molecule has 1 aromatic heterocycles. The van der Waals surface area contributed by atoms with E-state index in [2.05, 4.69) is 4.98 Å². The number of halogens is 2. The highest BCUT2D eigenvalue weighted by atomic mass is 19.1. The SMILES string of the molecule is CC(C)CN(C)C(=O)CCc1ncc(-c2ccc(F)cc2F)o1. The molecular weight excluding hydrogens is 302 g/mol. The van der Waals surface area contributed by atoms with Gasteiger partial charge in [0.2, 0.25) is 5.91 Å². The molecule has 0 N–H and O–H groups in total. The number of rotatable bonds is 6. The minimum Gasteiger partial charge on any atom is -0.441 e. The van der Waals surface area contributed by atoms with Crippen molar-refractivity contribution in [1.29, 1.82) is 0 Å². The third-order valence-electron chi connectivity index (χ3n) is 3.37. The van der Waals surface area contributed by atoms with Gasteiger partial charge < -0.3 is 9.32 Å². The Bertz CT molecular complexity index is 683. The number of benzene rings is 1. The van der Waals surface area contributed by atoms with Crippen LogP contribution >= 0.6 is 0 Å². The molecule has 0 radical (unpaired) electrons. The van der Waals surface area contributed by atoms with E-state index in [9.17, 15) is 13.6 Å². The quantitative estimate of drug-likeness (QED) is 0.815. The normalized spacial score (nSPS) is 11.0. The van der Waals surface area contributed by atoms with Crippen LogP contribution in [0.4, 0.5) is 8.78 Å². The third kappa shape index (κ3) is 4.61. The van der Waals surface area contributed by atoms with Gasteiger partial charge in [-0.25, -0.2) is 13.8 Å². The molecule has 0 saturated heterocycles. The van der Waals surface area contributed by atoms with Crippen LogP contribution in [-0.2, 0) is 11.2 Å². The molecule has 0 atom stereocenters. The molecule has 0 aliphatic carbocycles. The Morgan fingerprint density at radius 3 is 2.74 bits per heavy atom. The van der Waals surface area contributed by atoms with Gasteiger partial charge in [0.25, 0.3) is 0 Å². The number of aromatic nitrogens is 1. The van der Waals surface area contributed by atoms with Crippen LogP contribution in [0.3, 0.4) is 0 Å². The summed E-state index contributed by atoms with van der Waals surface area (Å²) < 4.78 is 32.1. The molecule has 2 aromatic rings. The molecule has 1 aromatic carbocycles. The second-order valence-electron chi connectivity index (χ2n) is 5.91. The first-order valence-electron chi connectivity index (χ1n) is 7.51. The summed E-state index contributed by atoms with van der Waals surface area (Å²) in [5, 5.41) is 0. The first kappa shape index (κ1) is 17.1. The van der Waals surface area contributed by atoms with E-state index in [1.165, 1.54) is 12.3 Å². The van der Waals surface area contributed by atoms with Crippen molar-refractivity contribution in [1.82, 2.24) is 9.88 Å². The highest BCUT2D eigenvalue weighted by molar-refractivity contribution is 5.76. The molecule has 1 heterocycles. The highest BCUT2D eigenvalue weighted by Gasteiger charge is 2.14. The Morgan fingerprint density at radius 2 is 2.09 bits per heavy atom. The van der Waals surface area contributed by atoms with Crippen molar-refractivity contribution in [3.63, 3.8) is 0 Å². The minimum absolute atomic E-state index is 0.00594. The average molecular weight is 322 g/mol. The Morgan fingerprint density at radius 1 is 1.35 bits per heavy atom. The van der Waals surface area contributed by atoms with Crippen LogP contribution < -0.4 is 0 Å². The molecule has 0 fully saturated rings. The molecule has 0 spiro atoms. The lowest BCUT2D eigenvalue weighted by Gasteiger charge is -2.18. The van der Waals surface area contributed by atoms with Crippen molar-refractivity contribution in [2.45, 2.75) is 26.7 Å². The lowest BCUT2D eigenvalue weighted by atomic mass is 10.2. The predicted molar refractivity (Wildman–Crippen MR) is 82.7 cm³/mol. The molecule has 0 saturated carbocycles. The maximum atomic E-state index is 13.7. The smallest absolute Gasteiger partial charge is 0.222 e. The Balaban J connectivity index is 1.99. The van der Waals surface area contributed by atoms with E-state index in [1.54, 1.807) is 11.9 Å². The van der Waals surface area contributed by atoms with Crippen LogP contribution in [0.15, 0.2) is 28.8 Å². The molecular formula is C17H20F2N2O2. The number of oxazole rings is 1. The summed E-state index contributed by atoms with van der Waals surface area (Å²) in [6, 6.07) is 3.25. The van der Waals surface area contributed by atoms with Crippen LogP contribution in [0.5, 0.6) is 0 Å². The topological polar surface area (TPSA) is 46.3 Å². The fourth-order valence-electron chi connectivity index (χ4n) is 2.29. The van der Waals surface area contributed by atoms with Crippen LogP contribution in [0.2, 0.25) is 0 Å². The maximum absolute atomic E-state index is 13.7. The molecule has 124 valence electrons. The van der Waals surface area contributed by atoms with Gasteiger partial charge in [-0.15, -0.1) is 0 Å². The van der Waals surface area contributed by atoms with E-state index < -0.39 is 11.6 Å². The molecule has 23 heavy (non-hydrogen) atoms. The average Bonchev–Trinajstić information content (AvgIpc) is 2.92. The van der Waals surface area contributed by atoms with Crippen LogP contribution in [0, 0.1) is 17.6 Å². The summed E-state index contributed by atoms with van der Waals surface area (Å²) in [5.74, 6) is -0.370. The molecule has 0 aliphatic heterocycles. The van der Waals surface area contributed by atoms with Crippen LogP contribution in [0.1, 0.15) is 26.2 Å². The summed E-state index contributed by atoms with van der Waals surface area (Å²) in [5.41, 5.74) is 0.147. The van der Waals surface area contributed by atoms with E-state index in [4.69, 9.17) is 4.42 Å². The number of amides is 1. The highest BCUT2D eigenvalue weighted by Crippen LogP contribution is 2.24. The van der Waals surface area contributed by atoms with Crippen molar-refractivity contribution in [2.24, 2.45) is 5.92 Å². The summed E-state index contributed by atoms with van der Waals surface area (Å²) in [7, 11) is 1.76. The van der Waals surface area contributed by atoms with Gasteiger partial charge in [-0.2, -0.15) is 0 Å². The van der Waals surface area contributed by atoms with E-state index in [0.29, 0.717) is 24.8 Å². The molecule has 1 amide bonds. The lowest BCUT2D eigenvalue weighted by molar-refractivity contribution is -0.130. The van der Waals surface area contributed by atoms with E-state index in [1.807, 2.05) is 13.8 Å². The number of hydrogen-bond acceptors (Lipinski definition) is 3. The van der Waals surface area contributed by atoms with Crippen LogP contribution in [0.25, 0.3) is 11.3 Å². The fourth-order valence-corrected chi connectivity index (χ4v) is 2.29. The summed E-state index contributed by atoms with van der Waals surface area (Å²) >= 11 is 0. The van der Waals surface area contributed by atoms with E-state index >= 15 is 0 Å². The molecule has 0 aliphatic rings. The second-order valence-corrected chi connectivity index (χ2v) is 5.91. The standard InChI is InChI=1S/C17H20F2N2O2/c1-11(2)10-21(3)17(22)7-6-16-20-9-15(23-16)13-5-4-12(18)8-14(13)19/h4-5,8-9,11H,6-7,10H2,1-3H3. The Kier molecular flexibility index (Phi) is 5.47. The molecule has 2 rings (SSSR count). The van der Waals surface area contributed by atoms with Crippen LogP contribution in [-0.4, -0.2) is 29.4 Å². The fraction of sp³-hybridized carbons (Fsp3) is 0.412. The maximum Gasteiger partial charge on any atom is 0.222 e.